The highest BCUT2D eigenvalue weighted by atomic mass is 16.6. The molecule has 16 heavy (non-hydrogen) atoms. The minimum absolute atomic E-state index is 0.0334. The summed E-state index contributed by atoms with van der Waals surface area (Å²) >= 11 is 0. The second-order valence-electron chi connectivity index (χ2n) is 2.92. The minimum Gasteiger partial charge on any atom is -0.463 e. The lowest BCUT2D eigenvalue weighted by Crippen LogP contribution is -2.33. The lowest BCUT2D eigenvalue weighted by molar-refractivity contribution is -0.142. The van der Waals surface area contributed by atoms with Crippen molar-refractivity contribution in [1.82, 2.24) is 4.90 Å². The Morgan fingerprint density at radius 1 is 1.56 bits per heavy atom. The van der Waals surface area contributed by atoms with Gasteiger partial charge in [0.1, 0.15) is 13.7 Å². The van der Waals surface area contributed by atoms with Gasteiger partial charge in [-0.3, -0.25) is 9.69 Å². The first-order valence-corrected chi connectivity index (χ1v) is 4.98. The molecule has 0 aromatic carbocycles. The third kappa shape index (κ3) is 8.16. The van der Waals surface area contributed by atoms with Crippen LogP contribution in [0.5, 0.6) is 0 Å². The van der Waals surface area contributed by atoms with Crippen LogP contribution in [0.25, 0.3) is 0 Å². The standard InChI is InChI=1S/C9H19N3O4/c1-15-11-2-3-12(4-6-13)5-7-16-9(14)8-10/h2,13H,3-8,10H2,1H3/b11-2+. The molecule has 0 amide bonds. The van der Waals surface area contributed by atoms with Crippen molar-refractivity contribution in [3.05, 3.63) is 0 Å². The van der Waals surface area contributed by atoms with E-state index < -0.39 is 5.97 Å². The maximum Gasteiger partial charge on any atom is 0.319 e. The van der Waals surface area contributed by atoms with Gasteiger partial charge in [0.25, 0.3) is 0 Å². The highest BCUT2D eigenvalue weighted by molar-refractivity contribution is 5.71. The van der Waals surface area contributed by atoms with Gasteiger partial charge in [0.05, 0.1) is 19.4 Å². The molecule has 0 aliphatic carbocycles. The number of aliphatic hydroxyl groups excluding tert-OH is 1. The van der Waals surface area contributed by atoms with Crippen LogP contribution < -0.4 is 5.73 Å². The maximum absolute atomic E-state index is 10.8. The van der Waals surface area contributed by atoms with E-state index in [0.29, 0.717) is 19.6 Å². The predicted molar refractivity (Wildman–Crippen MR) is 59.0 cm³/mol. The molecule has 3 N–H and O–H groups in total. The van der Waals surface area contributed by atoms with E-state index in [2.05, 4.69) is 9.99 Å². The molecule has 7 heteroatoms. The van der Waals surface area contributed by atoms with E-state index in [1.54, 1.807) is 6.21 Å². The number of carbonyl (C=O) groups excluding carboxylic acids is 1. The summed E-state index contributed by atoms with van der Waals surface area (Å²) in [5.41, 5.74) is 5.08. The van der Waals surface area contributed by atoms with Crippen molar-refractivity contribution in [2.24, 2.45) is 10.9 Å². The zero-order valence-corrected chi connectivity index (χ0v) is 9.46. The number of esters is 1. The van der Waals surface area contributed by atoms with E-state index in [0.717, 1.165) is 0 Å². The average Bonchev–Trinajstić information content (AvgIpc) is 2.29. The largest absolute Gasteiger partial charge is 0.463 e. The topological polar surface area (TPSA) is 97.4 Å². The summed E-state index contributed by atoms with van der Waals surface area (Å²) < 4.78 is 4.81. The zero-order chi connectivity index (χ0) is 12.2. The Bertz CT molecular complexity index is 211. The molecule has 0 aromatic rings. The SMILES string of the molecule is CO/N=C/CN(CCO)CCOC(=O)CN. The lowest BCUT2D eigenvalue weighted by Gasteiger charge is -2.18. The van der Waals surface area contributed by atoms with E-state index in [1.807, 2.05) is 4.90 Å². The van der Waals surface area contributed by atoms with Crippen LogP contribution in [0.1, 0.15) is 0 Å². The van der Waals surface area contributed by atoms with Gasteiger partial charge in [-0.05, 0) is 0 Å². The number of hydrogen-bond acceptors (Lipinski definition) is 7. The monoisotopic (exact) mass is 233 g/mol. The highest BCUT2D eigenvalue weighted by Gasteiger charge is 2.04. The smallest absolute Gasteiger partial charge is 0.319 e. The van der Waals surface area contributed by atoms with E-state index in [-0.39, 0.29) is 19.8 Å². The highest BCUT2D eigenvalue weighted by Crippen LogP contribution is 1.87. The van der Waals surface area contributed by atoms with Crippen LogP contribution >= 0.6 is 0 Å². The molecular formula is C9H19N3O4. The Kier molecular flexibility index (Phi) is 9.58. The number of hydrogen-bond donors (Lipinski definition) is 2. The van der Waals surface area contributed by atoms with E-state index in [9.17, 15) is 4.79 Å². The van der Waals surface area contributed by atoms with Crippen LogP contribution in [0.3, 0.4) is 0 Å². The van der Waals surface area contributed by atoms with Gasteiger partial charge in [0, 0.05) is 19.6 Å². The van der Waals surface area contributed by atoms with Gasteiger partial charge in [-0.15, -0.1) is 0 Å². The first-order valence-electron chi connectivity index (χ1n) is 4.98. The molecular weight excluding hydrogens is 214 g/mol. The molecule has 0 spiro atoms. The summed E-state index contributed by atoms with van der Waals surface area (Å²) in [5, 5.41) is 12.4. The Labute approximate surface area is 94.8 Å². The summed E-state index contributed by atoms with van der Waals surface area (Å²) in [6.45, 7) is 1.68. The van der Waals surface area contributed by atoms with Crippen molar-refractivity contribution in [2.45, 2.75) is 0 Å². The summed E-state index contributed by atoms with van der Waals surface area (Å²) in [6.07, 6.45) is 1.57. The number of carbonyl (C=O) groups is 1. The molecule has 0 rings (SSSR count). The van der Waals surface area contributed by atoms with Crippen LogP contribution in [0, 0.1) is 0 Å². The maximum atomic E-state index is 10.8. The van der Waals surface area contributed by atoms with Crippen molar-refractivity contribution < 1.29 is 19.5 Å². The van der Waals surface area contributed by atoms with Gasteiger partial charge in [0.2, 0.25) is 0 Å². The minimum atomic E-state index is -0.436. The molecule has 0 saturated carbocycles. The second kappa shape index (κ2) is 10.3. The van der Waals surface area contributed by atoms with Crippen molar-refractivity contribution in [3.63, 3.8) is 0 Å². The van der Waals surface area contributed by atoms with Gasteiger partial charge < -0.3 is 20.4 Å². The average molecular weight is 233 g/mol. The Morgan fingerprint density at radius 2 is 2.31 bits per heavy atom. The first kappa shape index (κ1) is 14.8. The molecule has 0 saturated heterocycles. The number of nitrogens with two attached hydrogens (primary N) is 1. The normalized spacial score (nSPS) is 11.0. The molecule has 0 atom stereocenters. The van der Waals surface area contributed by atoms with Gasteiger partial charge >= 0.3 is 5.97 Å². The molecule has 7 nitrogen and oxygen atoms in total. The first-order chi connectivity index (χ1) is 7.74. The molecule has 0 radical (unpaired) electrons. The Morgan fingerprint density at radius 3 is 2.88 bits per heavy atom. The molecule has 0 bridgehead atoms. The molecule has 0 aliphatic rings. The van der Waals surface area contributed by atoms with Crippen LogP contribution in [-0.2, 0) is 14.4 Å². The second-order valence-corrected chi connectivity index (χ2v) is 2.92. The van der Waals surface area contributed by atoms with Gasteiger partial charge in [0.15, 0.2) is 0 Å². The van der Waals surface area contributed by atoms with Crippen molar-refractivity contribution in [2.75, 3.05) is 46.5 Å². The molecule has 0 unspecified atom stereocenters. The van der Waals surface area contributed by atoms with Gasteiger partial charge in [-0.25, -0.2) is 0 Å². The van der Waals surface area contributed by atoms with Crippen molar-refractivity contribution in [3.8, 4) is 0 Å². The fraction of sp³-hybridized carbons (Fsp3) is 0.778. The summed E-state index contributed by atoms with van der Waals surface area (Å²) in [6, 6.07) is 0. The van der Waals surface area contributed by atoms with E-state index in [1.165, 1.54) is 7.11 Å². The van der Waals surface area contributed by atoms with Crippen LogP contribution in [-0.4, -0.2) is 68.7 Å². The number of nitrogens with zero attached hydrogens (tertiary/aromatic N) is 2. The third-order valence-electron chi connectivity index (χ3n) is 1.77. The summed E-state index contributed by atoms with van der Waals surface area (Å²) in [5.74, 6) is -0.436. The summed E-state index contributed by atoms with van der Waals surface area (Å²) in [4.78, 5) is 17.1. The van der Waals surface area contributed by atoms with Gasteiger partial charge in [-0.1, -0.05) is 5.16 Å². The Hall–Kier alpha value is -1.18. The zero-order valence-electron chi connectivity index (χ0n) is 9.46. The molecule has 0 aromatic heterocycles. The molecule has 94 valence electrons. The fourth-order valence-corrected chi connectivity index (χ4v) is 1.01. The van der Waals surface area contributed by atoms with E-state index >= 15 is 0 Å². The summed E-state index contributed by atoms with van der Waals surface area (Å²) in [7, 11) is 1.45. The number of oxime groups is 1. The number of rotatable bonds is 9. The quantitative estimate of drug-likeness (QED) is 0.283. The molecule has 0 aliphatic heterocycles. The van der Waals surface area contributed by atoms with Crippen molar-refractivity contribution >= 4 is 12.2 Å². The third-order valence-corrected chi connectivity index (χ3v) is 1.77. The number of ether oxygens (including phenoxy) is 1. The van der Waals surface area contributed by atoms with E-state index in [4.69, 9.17) is 15.6 Å². The predicted octanol–water partition coefficient (Wildman–Crippen LogP) is -1.59. The fourth-order valence-electron chi connectivity index (χ4n) is 1.01. The molecule has 0 fully saturated rings. The van der Waals surface area contributed by atoms with Crippen LogP contribution in [0.2, 0.25) is 0 Å². The van der Waals surface area contributed by atoms with Crippen LogP contribution in [0.15, 0.2) is 5.16 Å². The number of aliphatic hydroxyl groups is 1. The van der Waals surface area contributed by atoms with Gasteiger partial charge in [-0.2, -0.15) is 0 Å². The van der Waals surface area contributed by atoms with Crippen LogP contribution in [0.4, 0.5) is 0 Å². The van der Waals surface area contributed by atoms with Crippen molar-refractivity contribution in [1.29, 1.82) is 0 Å². The lowest BCUT2D eigenvalue weighted by atomic mass is 10.4. The molecule has 0 heterocycles. The Balaban J connectivity index is 3.75.